The second-order valence-electron chi connectivity index (χ2n) is 8.11. The number of anilines is 1. The third-order valence-electron chi connectivity index (χ3n) is 5.62. The van der Waals surface area contributed by atoms with Gasteiger partial charge >= 0.3 is 0 Å². The van der Waals surface area contributed by atoms with Crippen molar-refractivity contribution in [1.82, 2.24) is 10.2 Å². The molecule has 0 saturated carbocycles. The molecule has 0 unspecified atom stereocenters. The van der Waals surface area contributed by atoms with Crippen LogP contribution in [0.2, 0.25) is 5.02 Å². The summed E-state index contributed by atoms with van der Waals surface area (Å²) in [6, 6.07) is 15.4. The Morgan fingerprint density at radius 3 is 2.24 bits per heavy atom. The van der Waals surface area contributed by atoms with Gasteiger partial charge in [-0.05, 0) is 50.2 Å². The summed E-state index contributed by atoms with van der Waals surface area (Å²) in [5.74, 6) is -2.61. The summed E-state index contributed by atoms with van der Waals surface area (Å²) in [6.07, 6.45) is 0. The minimum absolute atomic E-state index is 0.0555. The molecule has 0 bridgehead atoms. The van der Waals surface area contributed by atoms with E-state index in [2.05, 4.69) is 5.32 Å². The van der Waals surface area contributed by atoms with Crippen LogP contribution in [0.25, 0.3) is 0 Å². The van der Waals surface area contributed by atoms with Crippen molar-refractivity contribution >= 4 is 39.1 Å². The molecule has 196 valence electrons. The third kappa shape index (κ3) is 6.64. The lowest BCUT2D eigenvalue weighted by Crippen LogP contribution is -2.51. The predicted octanol–water partition coefficient (Wildman–Crippen LogP) is 4.37. The molecule has 11 heteroatoms. The molecular weight excluding hydrogens is 524 g/mol. The number of likely N-dealkylation sites (N-methyl/N-ethyl adjacent to an activating group) is 1. The molecule has 3 aromatic carbocycles. The molecule has 0 fully saturated rings. The van der Waals surface area contributed by atoms with Gasteiger partial charge in [-0.15, -0.1) is 0 Å². The lowest BCUT2D eigenvalue weighted by atomic mass is 10.1. The molecule has 0 heterocycles. The molecule has 7 nitrogen and oxygen atoms in total. The Labute approximate surface area is 219 Å². The fourth-order valence-electron chi connectivity index (χ4n) is 3.60. The second kappa shape index (κ2) is 12.2. The normalized spacial score (nSPS) is 12.0. The number of hydrogen-bond donors (Lipinski definition) is 1. The van der Waals surface area contributed by atoms with Gasteiger partial charge in [0.25, 0.3) is 10.0 Å². The number of hydrogen-bond acceptors (Lipinski definition) is 4. The second-order valence-corrected chi connectivity index (χ2v) is 10.4. The van der Waals surface area contributed by atoms with Gasteiger partial charge in [0, 0.05) is 18.7 Å². The van der Waals surface area contributed by atoms with Crippen LogP contribution in [-0.2, 0) is 26.2 Å². The zero-order chi connectivity index (χ0) is 27.2. The minimum atomic E-state index is -4.32. The number of carbonyl (C=O) groups excluding carboxylic acids is 2. The molecule has 3 aromatic rings. The van der Waals surface area contributed by atoms with Crippen molar-refractivity contribution in [3.63, 3.8) is 0 Å². The number of halogens is 3. The highest BCUT2D eigenvalue weighted by Crippen LogP contribution is 2.28. The maximum absolute atomic E-state index is 14.5. The lowest BCUT2D eigenvalue weighted by Gasteiger charge is -2.32. The topological polar surface area (TPSA) is 86.8 Å². The average Bonchev–Trinajstić information content (AvgIpc) is 2.88. The number of amides is 2. The van der Waals surface area contributed by atoms with Crippen LogP contribution < -0.4 is 9.62 Å². The van der Waals surface area contributed by atoms with Crippen LogP contribution in [0.15, 0.2) is 77.7 Å². The van der Waals surface area contributed by atoms with Crippen molar-refractivity contribution < 1.29 is 26.8 Å². The first kappa shape index (κ1) is 28.1. The number of sulfonamides is 1. The zero-order valence-electron chi connectivity index (χ0n) is 20.2. The molecule has 1 N–H and O–H groups in total. The van der Waals surface area contributed by atoms with Crippen LogP contribution in [0.3, 0.4) is 0 Å². The molecule has 37 heavy (non-hydrogen) atoms. The Morgan fingerprint density at radius 2 is 1.62 bits per heavy atom. The van der Waals surface area contributed by atoms with Crippen LogP contribution in [0.1, 0.15) is 19.4 Å². The molecule has 0 aromatic heterocycles. The Morgan fingerprint density at radius 1 is 0.973 bits per heavy atom. The first-order valence-electron chi connectivity index (χ1n) is 11.4. The summed E-state index contributed by atoms with van der Waals surface area (Å²) in [5, 5.41) is 2.28. The Kier molecular flexibility index (Phi) is 9.23. The van der Waals surface area contributed by atoms with E-state index < -0.39 is 46.1 Å². The van der Waals surface area contributed by atoms with E-state index in [1.807, 2.05) is 0 Å². The first-order valence-corrected chi connectivity index (χ1v) is 13.2. The molecule has 3 rings (SSSR count). The molecule has 0 saturated heterocycles. The van der Waals surface area contributed by atoms with E-state index in [4.69, 9.17) is 11.6 Å². The quantitative estimate of drug-likeness (QED) is 0.407. The molecule has 2 amide bonds. The predicted molar refractivity (Wildman–Crippen MR) is 137 cm³/mol. The minimum Gasteiger partial charge on any atom is -0.355 e. The van der Waals surface area contributed by atoms with Gasteiger partial charge in [0.1, 0.15) is 24.2 Å². The zero-order valence-corrected chi connectivity index (χ0v) is 21.8. The van der Waals surface area contributed by atoms with Crippen molar-refractivity contribution in [1.29, 1.82) is 0 Å². The van der Waals surface area contributed by atoms with Gasteiger partial charge in [0.15, 0.2) is 0 Å². The fraction of sp³-hybridized carbons (Fsp3) is 0.231. The van der Waals surface area contributed by atoms with Gasteiger partial charge in [-0.2, -0.15) is 0 Å². The van der Waals surface area contributed by atoms with Gasteiger partial charge < -0.3 is 10.2 Å². The molecule has 0 radical (unpaired) electrons. The van der Waals surface area contributed by atoms with E-state index in [0.29, 0.717) is 6.54 Å². The highest BCUT2D eigenvalue weighted by atomic mass is 35.5. The molecule has 0 spiro atoms. The molecule has 1 atom stereocenters. The maximum atomic E-state index is 14.5. The smallest absolute Gasteiger partial charge is 0.264 e. The van der Waals surface area contributed by atoms with E-state index in [0.717, 1.165) is 21.3 Å². The summed E-state index contributed by atoms with van der Waals surface area (Å²) in [4.78, 5) is 27.3. The van der Waals surface area contributed by atoms with Crippen LogP contribution in [0, 0.1) is 11.6 Å². The van der Waals surface area contributed by atoms with Crippen molar-refractivity contribution in [2.45, 2.75) is 31.3 Å². The Bertz CT molecular complexity index is 1370. The fourth-order valence-corrected chi connectivity index (χ4v) is 5.21. The summed E-state index contributed by atoms with van der Waals surface area (Å²) in [5.41, 5.74) is 0.0920. The van der Waals surface area contributed by atoms with Crippen molar-refractivity contribution in [3.05, 3.63) is 95.0 Å². The van der Waals surface area contributed by atoms with Gasteiger partial charge in [-0.1, -0.05) is 48.0 Å². The van der Waals surface area contributed by atoms with Crippen LogP contribution >= 0.6 is 11.6 Å². The summed E-state index contributed by atoms with van der Waals surface area (Å²) >= 11 is 5.92. The van der Waals surface area contributed by atoms with E-state index in [1.54, 1.807) is 19.1 Å². The Balaban J connectivity index is 2.05. The van der Waals surface area contributed by atoms with Gasteiger partial charge in [-0.3, -0.25) is 13.9 Å². The highest BCUT2D eigenvalue weighted by Gasteiger charge is 2.33. The highest BCUT2D eigenvalue weighted by molar-refractivity contribution is 7.92. The first-order chi connectivity index (χ1) is 17.6. The lowest BCUT2D eigenvalue weighted by molar-refractivity contribution is -0.139. The number of rotatable bonds is 10. The van der Waals surface area contributed by atoms with Crippen molar-refractivity contribution in [2.24, 2.45) is 0 Å². The SMILES string of the molecule is CCNC(=O)[C@H](C)N(Cc1ccccc1F)C(=O)CN(c1ccc(F)c(Cl)c1)S(=O)(=O)c1ccccc1. The summed E-state index contributed by atoms with van der Waals surface area (Å²) in [6.45, 7) is 2.44. The van der Waals surface area contributed by atoms with E-state index in [9.17, 15) is 26.8 Å². The van der Waals surface area contributed by atoms with E-state index in [-0.39, 0.29) is 27.7 Å². The molecular formula is C26H26ClF2N3O4S. The molecule has 0 aliphatic rings. The molecule has 0 aliphatic carbocycles. The largest absolute Gasteiger partial charge is 0.355 e. The van der Waals surface area contributed by atoms with E-state index in [1.165, 1.54) is 55.5 Å². The maximum Gasteiger partial charge on any atom is 0.264 e. The number of nitrogens with one attached hydrogen (secondary N) is 1. The average molecular weight is 550 g/mol. The van der Waals surface area contributed by atoms with Crippen molar-refractivity contribution in [2.75, 3.05) is 17.4 Å². The van der Waals surface area contributed by atoms with Crippen molar-refractivity contribution in [3.8, 4) is 0 Å². The third-order valence-corrected chi connectivity index (χ3v) is 7.70. The standard InChI is InChI=1S/C26H26ClF2N3O4S/c1-3-30-26(34)18(2)31(16-19-9-7-8-12-23(19)28)25(33)17-32(20-13-14-24(29)22(27)15-20)37(35,36)21-10-5-4-6-11-21/h4-15,18H,3,16-17H2,1-2H3,(H,30,34)/t18-/m0/s1. The van der Waals surface area contributed by atoms with Gasteiger partial charge in [-0.25, -0.2) is 17.2 Å². The summed E-state index contributed by atoms with van der Waals surface area (Å²) in [7, 11) is -4.32. The van der Waals surface area contributed by atoms with Crippen LogP contribution in [0.4, 0.5) is 14.5 Å². The van der Waals surface area contributed by atoms with Gasteiger partial charge in [0.05, 0.1) is 15.6 Å². The number of benzene rings is 3. The number of nitrogens with zero attached hydrogens (tertiary/aromatic N) is 2. The van der Waals surface area contributed by atoms with Crippen LogP contribution in [-0.4, -0.2) is 44.3 Å². The monoisotopic (exact) mass is 549 g/mol. The van der Waals surface area contributed by atoms with Gasteiger partial charge in [0.2, 0.25) is 11.8 Å². The number of carbonyl (C=O) groups is 2. The molecule has 0 aliphatic heterocycles. The summed E-state index contributed by atoms with van der Waals surface area (Å²) < 4.78 is 56.3. The Hall–Kier alpha value is -3.50. The van der Waals surface area contributed by atoms with Crippen LogP contribution in [0.5, 0.6) is 0 Å². The van der Waals surface area contributed by atoms with E-state index >= 15 is 0 Å².